The van der Waals surface area contributed by atoms with E-state index in [9.17, 15) is 8.42 Å². The predicted octanol–water partition coefficient (Wildman–Crippen LogP) is 0.790. The average molecular weight is 229 g/mol. The molecule has 0 amide bonds. The minimum atomic E-state index is -3.33. The molecule has 0 bridgehead atoms. The number of halogens is 1. The molecule has 0 aromatic heterocycles. The van der Waals surface area contributed by atoms with Crippen LogP contribution in [-0.4, -0.2) is 37.7 Å². The molecule has 0 aliphatic carbocycles. The summed E-state index contributed by atoms with van der Waals surface area (Å²) < 4.78 is 26.9. The van der Waals surface area contributed by atoms with Crippen molar-refractivity contribution < 1.29 is 8.42 Å². The molecule has 0 heterocycles. The van der Waals surface area contributed by atoms with Crippen molar-refractivity contribution in [2.24, 2.45) is 0 Å². The Bertz CT molecular complexity index is 227. The molecular weight excluding hydrogens is 212 g/mol. The Kier molecular flexibility index (Phi) is 5.87. The zero-order chi connectivity index (χ0) is 10.5. The Balaban J connectivity index is 4.38. The fourth-order valence-electron chi connectivity index (χ4n) is 0.924. The first-order valence-electron chi connectivity index (χ1n) is 4.31. The number of nitrogens with zero attached hydrogens (tertiary/aromatic N) is 1. The quantitative estimate of drug-likeness (QED) is 0.684. The van der Waals surface area contributed by atoms with Crippen molar-refractivity contribution in [3.63, 3.8) is 0 Å². The van der Waals surface area contributed by atoms with E-state index in [2.05, 4.69) is 4.72 Å². The third-order valence-corrected chi connectivity index (χ3v) is 3.99. The van der Waals surface area contributed by atoms with Crippen LogP contribution in [0.25, 0.3) is 0 Å². The van der Waals surface area contributed by atoms with E-state index >= 15 is 0 Å². The smallest absolute Gasteiger partial charge is 0.198 e. The summed E-state index contributed by atoms with van der Waals surface area (Å²) in [6.45, 7) is 6.28. The van der Waals surface area contributed by atoms with Crippen LogP contribution >= 0.6 is 11.6 Å². The minimum absolute atomic E-state index is 0.229. The highest BCUT2D eigenvalue weighted by Gasteiger charge is 2.19. The Morgan fingerprint density at radius 2 is 1.85 bits per heavy atom. The van der Waals surface area contributed by atoms with Crippen LogP contribution in [0.5, 0.6) is 0 Å². The van der Waals surface area contributed by atoms with Crippen molar-refractivity contribution in [3.8, 4) is 0 Å². The van der Waals surface area contributed by atoms with Gasteiger partial charge in [-0.1, -0.05) is 13.8 Å². The highest BCUT2D eigenvalue weighted by molar-refractivity contribution is 7.87. The van der Waals surface area contributed by atoms with Crippen LogP contribution in [-0.2, 0) is 10.2 Å². The van der Waals surface area contributed by atoms with Gasteiger partial charge < -0.3 is 0 Å². The molecule has 1 unspecified atom stereocenters. The van der Waals surface area contributed by atoms with Gasteiger partial charge in [0.1, 0.15) is 0 Å². The topological polar surface area (TPSA) is 49.4 Å². The van der Waals surface area contributed by atoms with E-state index in [4.69, 9.17) is 11.6 Å². The normalized spacial score (nSPS) is 14.8. The Labute approximate surface area is 85.4 Å². The lowest BCUT2D eigenvalue weighted by molar-refractivity contribution is 0.430. The van der Waals surface area contributed by atoms with Crippen molar-refractivity contribution in [2.75, 3.05) is 19.0 Å². The second kappa shape index (κ2) is 5.80. The fourth-order valence-corrected chi connectivity index (χ4v) is 2.51. The van der Waals surface area contributed by atoms with Gasteiger partial charge in [0.2, 0.25) is 0 Å². The van der Waals surface area contributed by atoms with E-state index in [0.717, 1.165) is 0 Å². The van der Waals surface area contributed by atoms with Crippen LogP contribution in [0.1, 0.15) is 20.8 Å². The van der Waals surface area contributed by atoms with Gasteiger partial charge in [-0.05, 0) is 6.92 Å². The molecule has 0 fully saturated rings. The van der Waals surface area contributed by atoms with Gasteiger partial charge in [-0.2, -0.15) is 17.4 Å². The standard InChI is InChI=1S/C7H17ClN2O2S/c1-4-10(5-2)13(11,12)9-7(3)6-8/h7,9H,4-6H2,1-3H3. The summed E-state index contributed by atoms with van der Waals surface area (Å²) in [6.07, 6.45) is 0. The lowest BCUT2D eigenvalue weighted by Crippen LogP contribution is -2.44. The van der Waals surface area contributed by atoms with Gasteiger partial charge in [0.15, 0.2) is 0 Å². The van der Waals surface area contributed by atoms with Crippen LogP contribution in [0.4, 0.5) is 0 Å². The van der Waals surface area contributed by atoms with Crippen molar-refractivity contribution in [3.05, 3.63) is 0 Å². The van der Waals surface area contributed by atoms with Crippen LogP contribution in [0.15, 0.2) is 0 Å². The molecule has 0 aliphatic rings. The monoisotopic (exact) mass is 228 g/mol. The molecule has 0 saturated carbocycles. The lowest BCUT2D eigenvalue weighted by atomic mass is 10.4. The Hall–Kier alpha value is 0.160. The molecule has 0 rings (SSSR count). The highest BCUT2D eigenvalue weighted by atomic mass is 35.5. The first-order chi connectivity index (χ1) is 5.97. The molecule has 6 heteroatoms. The summed E-state index contributed by atoms with van der Waals surface area (Å²) in [4.78, 5) is 0. The largest absolute Gasteiger partial charge is 0.279 e. The fraction of sp³-hybridized carbons (Fsp3) is 1.00. The van der Waals surface area contributed by atoms with Gasteiger partial charge in [-0.3, -0.25) is 0 Å². The summed E-state index contributed by atoms with van der Waals surface area (Å²) in [5.74, 6) is 0.278. The summed E-state index contributed by atoms with van der Waals surface area (Å²) in [7, 11) is -3.33. The maximum absolute atomic E-state index is 11.5. The Morgan fingerprint density at radius 3 is 2.15 bits per heavy atom. The summed E-state index contributed by atoms with van der Waals surface area (Å²) in [5.41, 5.74) is 0. The molecule has 4 nitrogen and oxygen atoms in total. The van der Waals surface area contributed by atoms with Gasteiger partial charge in [-0.25, -0.2) is 0 Å². The SMILES string of the molecule is CCN(CC)S(=O)(=O)NC(C)CCl. The minimum Gasteiger partial charge on any atom is -0.198 e. The summed E-state index contributed by atoms with van der Waals surface area (Å²) in [6, 6.07) is -0.229. The van der Waals surface area contributed by atoms with E-state index in [-0.39, 0.29) is 11.9 Å². The lowest BCUT2D eigenvalue weighted by Gasteiger charge is -2.20. The van der Waals surface area contributed by atoms with E-state index in [0.29, 0.717) is 13.1 Å². The zero-order valence-corrected chi connectivity index (χ0v) is 9.82. The number of hydrogen-bond donors (Lipinski definition) is 1. The van der Waals surface area contributed by atoms with Crippen LogP contribution in [0.2, 0.25) is 0 Å². The molecule has 0 aromatic carbocycles. The van der Waals surface area contributed by atoms with Gasteiger partial charge in [-0.15, -0.1) is 11.6 Å². The molecule has 13 heavy (non-hydrogen) atoms. The maximum atomic E-state index is 11.5. The Morgan fingerprint density at radius 1 is 1.38 bits per heavy atom. The van der Waals surface area contributed by atoms with E-state index in [1.165, 1.54) is 4.31 Å². The van der Waals surface area contributed by atoms with Gasteiger partial charge in [0, 0.05) is 25.0 Å². The molecule has 0 aromatic rings. The zero-order valence-electron chi connectivity index (χ0n) is 8.25. The molecule has 0 saturated heterocycles. The van der Waals surface area contributed by atoms with Gasteiger partial charge >= 0.3 is 0 Å². The van der Waals surface area contributed by atoms with Crippen LogP contribution < -0.4 is 4.72 Å². The van der Waals surface area contributed by atoms with Gasteiger partial charge in [0.05, 0.1) is 0 Å². The molecule has 0 radical (unpaired) electrons. The molecule has 1 atom stereocenters. The van der Waals surface area contributed by atoms with Crippen LogP contribution in [0.3, 0.4) is 0 Å². The molecular formula is C7H17ClN2O2S. The first-order valence-corrected chi connectivity index (χ1v) is 6.28. The number of nitrogens with one attached hydrogen (secondary N) is 1. The summed E-state index contributed by atoms with van der Waals surface area (Å²) in [5, 5.41) is 0. The van der Waals surface area contributed by atoms with Crippen molar-refractivity contribution in [1.29, 1.82) is 0 Å². The number of alkyl halides is 1. The maximum Gasteiger partial charge on any atom is 0.279 e. The van der Waals surface area contributed by atoms with Gasteiger partial charge in [0.25, 0.3) is 10.2 Å². The average Bonchev–Trinajstić information content (AvgIpc) is 2.05. The van der Waals surface area contributed by atoms with E-state index in [1.807, 2.05) is 0 Å². The second-order valence-corrected chi connectivity index (χ2v) is 4.77. The predicted molar refractivity (Wildman–Crippen MR) is 55.2 cm³/mol. The molecule has 0 aliphatic heterocycles. The van der Waals surface area contributed by atoms with Crippen LogP contribution in [0, 0.1) is 0 Å². The first kappa shape index (κ1) is 13.2. The number of rotatable bonds is 6. The highest BCUT2D eigenvalue weighted by Crippen LogP contribution is 1.99. The number of hydrogen-bond acceptors (Lipinski definition) is 2. The third kappa shape index (κ3) is 4.26. The van der Waals surface area contributed by atoms with Crippen molar-refractivity contribution in [2.45, 2.75) is 26.8 Å². The molecule has 80 valence electrons. The van der Waals surface area contributed by atoms with E-state index < -0.39 is 10.2 Å². The molecule has 1 N–H and O–H groups in total. The summed E-state index contributed by atoms with van der Waals surface area (Å²) >= 11 is 5.50. The third-order valence-electron chi connectivity index (χ3n) is 1.63. The van der Waals surface area contributed by atoms with Crippen molar-refractivity contribution in [1.82, 2.24) is 9.03 Å². The van der Waals surface area contributed by atoms with E-state index in [1.54, 1.807) is 20.8 Å². The molecule has 0 spiro atoms. The van der Waals surface area contributed by atoms with Crippen molar-refractivity contribution >= 4 is 21.8 Å². The second-order valence-electron chi connectivity index (χ2n) is 2.76.